The molecular formula is C16H23NO2. The number of Topliss-reactive ketones (excluding diaryl/α,β-unsaturated/α-hetero) is 1. The lowest BCUT2D eigenvalue weighted by molar-refractivity contribution is 0.0894. The van der Waals surface area contributed by atoms with Crippen LogP contribution in [0.2, 0.25) is 0 Å². The molecule has 1 saturated heterocycles. The van der Waals surface area contributed by atoms with Crippen molar-refractivity contribution in [3.63, 3.8) is 0 Å². The second kappa shape index (κ2) is 6.71. The van der Waals surface area contributed by atoms with Gasteiger partial charge in [0.25, 0.3) is 0 Å². The molecule has 1 heterocycles. The SMILES string of the molecule is CCOc1ccc(C(=O)C2CCNCC2)c(CC)c1. The molecule has 1 aromatic rings. The number of ether oxygens (including phenoxy) is 1. The van der Waals surface area contributed by atoms with Crippen LogP contribution in [-0.2, 0) is 6.42 Å². The van der Waals surface area contributed by atoms with Gasteiger partial charge in [0.2, 0.25) is 0 Å². The molecule has 104 valence electrons. The summed E-state index contributed by atoms with van der Waals surface area (Å²) in [6.45, 7) is 6.62. The number of aryl methyl sites for hydroxylation is 1. The van der Waals surface area contributed by atoms with Gasteiger partial charge in [-0.25, -0.2) is 0 Å². The van der Waals surface area contributed by atoms with Gasteiger partial charge in [0.05, 0.1) is 6.61 Å². The first-order valence-corrected chi connectivity index (χ1v) is 7.27. The molecule has 0 aliphatic carbocycles. The maximum Gasteiger partial charge on any atom is 0.166 e. The van der Waals surface area contributed by atoms with Crippen LogP contribution in [0.5, 0.6) is 5.75 Å². The number of ketones is 1. The van der Waals surface area contributed by atoms with E-state index in [1.807, 2.05) is 25.1 Å². The fourth-order valence-corrected chi connectivity index (χ4v) is 2.66. The summed E-state index contributed by atoms with van der Waals surface area (Å²) in [5.74, 6) is 1.35. The van der Waals surface area contributed by atoms with Crippen molar-refractivity contribution in [1.82, 2.24) is 5.32 Å². The summed E-state index contributed by atoms with van der Waals surface area (Å²) >= 11 is 0. The van der Waals surface area contributed by atoms with E-state index < -0.39 is 0 Å². The van der Waals surface area contributed by atoms with E-state index in [4.69, 9.17) is 4.74 Å². The van der Waals surface area contributed by atoms with Crippen molar-refractivity contribution in [3.8, 4) is 5.75 Å². The van der Waals surface area contributed by atoms with Crippen LogP contribution in [0.4, 0.5) is 0 Å². The standard InChI is InChI=1S/C16H23NO2/c1-3-12-11-14(19-4-2)5-6-15(12)16(18)13-7-9-17-10-8-13/h5-6,11,13,17H,3-4,7-10H2,1-2H3. The van der Waals surface area contributed by atoms with Crippen molar-refractivity contribution in [3.05, 3.63) is 29.3 Å². The van der Waals surface area contributed by atoms with Gasteiger partial charge in [0.1, 0.15) is 5.75 Å². The number of rotatable bonds is 5. The topological polar surface area (TPSA) is 38.3 Å². The van der Waals surface area contributed by atoms with Gasteiger partial charge in [0, 0.05) is 11.5 Å². The van der Waals surface area contributed by atoms with Gasteiger partial charge in [-0.3, -0.25) is 4.79 Å². The Labute approximate surface area is 115 Å². The number of carbonyl (C=O) groups excluding carboxylic acids is 1. The van der Waals surface area contributed by atoms with Crippen LogP contribution in [-0.4, -0.2) is 25.5 Å². The van der Waals surface area contributed by atoms with Crippen molar-refractivity contribution in [2.24, 2.45) is 5.92 Å². The Morgan fingerprint density at radius 3 is 2.68 bits per heavy atom. The first-order chi connectivity index (χ1) is 9.26. The Hall–Kier alpha value is -1.35. The molecule has 0 aromatic heterocycles. The van der Waals surface area contributed by atoms with Crippen LogP contribution in [0.3, 0.4) is 0 Å². The Balaban J connectivity index is 2.20. The first kappa shape index (κ1) is 14.1. The summed E-state index contributed by atoms with van der Waals surface area (Å²) in [7, 11) is 0. The van der Waals surface area contributed by atoms with E-state index in [2.05, 4.69) is 12.2 Å². The zero-order valence-electron chi connectivity index (χ0n) is 11.9. The fraction of sp³-hybridized carbons (Fsp3) is 0.562. The highest BCUT2D eigenvalue weighted by atomic mass is 16.5. The van der Waals surface area contributed by atoms with Gasteiger partial charge < -0.3 is 10.1 Å². The Bertz CT molecular complexity index is 436. The molecule has 0 radical (unpaired) electrons. The summed E-state index contributed by atoms with van der Waals surface area (Å²) in [6, 6.07) is 5.86. The van der Waals surface area contributed by atoms with E-state index in [-0.39, 0.29) is 5.92 Å². The lowest BCUT2D eigenvalue weighted by Crippen LogP contribution is -2.32. The average molecular weight is 261 g/mol. The third kappa shape index (κ3) is 3.35. The zero-order chi connectivity index (χ0) is 13.7. The first-order valence-electron chi connectivity index (χ1n) is 7.27. The molecule has 1 aliphatic heterocycles. The maximum absolute atomic E-state index is 12.6. The highest BCUT2D eigenvalue weighted by Gasteiger charge is 2.23. The van der Waals surface area contributed by atoms with Crippen molar-refractivity contribution < 1.29 is 9.53 Å². The minimum Gasteiger partial charge on any atom is -0.494 e. The summed E-state index contributed by atoms with van der Waals surface area (Å²) in [5, 5.41) is 3.30. The van der Waals surface area contributed by atoms with Crippen LogP contribution in [0.25, 0.3) is 0 Å². The van der Waals surface area contributed by atoms with E-state index in [9.17, 15) is 4.79 Å². The lowest BCUT2D eigenvalue weighted by Gasteiger charge is -2.22. The number of nitrogens with one attached hydrogen (secondary N) is 1. The lowest BCUT2D eigenvalue weighted by atomic mass is 9.87. The molecule has 1 aromatic carbocycles. The van der Waals surface area contributed by atoms with E-state index in [0.717, 1.165) is 49.2 Å². The molecule has 0 spiro atoms. The Kier molecular flexibility index (Phi) is 4.97. The number of hydrogen-bond acceptors (Lipinski definition) is 3. The monoisotopic (exact) mass is 261 g/mol. The third-order valence-corrected chi connectivity index (χ3v) is 3.74. The van der Waals surface area contributed by atoms with Crippen molar-refractivity contribution >= 4 is 5.78 Å². The molecule has 0 amide bonds. The van der Waals surface area contributed by atoms with Crippen molar-refractivity contribution in [1.29, 1.82) is 0 Å². The fourth-order valence-electron chi connectivity index (χ4n) is 2.66. The van der Waals surface area contributed by atoms with Crippen LogP contribution in [0.1, 0.15) is 42.6 Å². The van der Waals surface area contributed by atoms with E-state index in [1.165, 1.54) is 0 Å². The highest BCUT2D eigenvalue weighted by Crippen LogP contribution is 2.24. The number of hydrogen-bond donors (Lipinski definition) is 1. The molecule has 0 atom stereocenters. The molecule has 0 bridgehead atoms. The molecule has 19 heavy (non-hydrogen) atoms. The second-order valence-electron chi connectivity index (χ2n) is 4.99. The molecule has 3 heteroatoms. The number of benzene rings is 1. The van der Waals surface area contributed by atoms with Crippen molar-refractivity contribution in [2.75, 3.05) is 19.7 Å². The van der Waals surface area contributed by atoms with E-state index in [1.54, 1.807) is 0 Å². The van der Waals surface area contributed by atoms with Crippen LogP contribution >= 0.6 is 0 Å². The van der Waals surface area contributed by atoms with E-state index in [0.29, 0.717) is 12.4 Å². The van der Waals surface area contributed by atoms with Gasteiger partial charge >= 0.3 is 0 Å². The predicted molar refractivity (Wildman–Crippen MR) is 76.9 cm³/mol. The summed E-state index contributed by atoms with van der Waals surface area (Å²) in [4.78, 5) is 12.6. The summed E-state index contributed by atoms with van der Waals surface area (Å²) < 4.78 is 5.51. The van der Waals surface area contributed by atoms with Crippen LogP contribution in [0.15, 0.2) is 18.2 Å². The maximum atomic E-state index is 12.6. The average Bonchev–Trinajstić information content (AvgIpc) is 2.47. The van der Waals surface area contributed by atoms with E-state index >= 15 is 0 Å². The molecule has 1 aliphatic rings. The quantitative estimate of drug-likeness (QED) is 0.828. The van der Waals surface area contributed by atoms with Gasteiger partial charge in [0.15, 0.2) is 5.78 Å². The predicted octanol–water partition coefficient (Wildman–Crippen LogP) is 2.83. The molecule has 0 saturated carbocycles. The summed E-state index contributed by atoms with van der Waals surface area (Å²) in [5.41, 5.74) is 1.99. The van der Waals surface area contributed by atoms with Crippen LogP contribution < -0.4 is 10.1 Å². The largest absolute Gasteiger partial charge is 0.494 e. The van der Waals surface area contributed by atoms with Gasteiger partial charge in [-0.2, -0.15) is 0 Å². The second-order valence-corrected chi connectivity index (χ2v) is 4.99. The molecular weight excluding hydrogens is 238 g/mol. The van der Waals surface area contributed by atoms with Crippen molar-refractivity contribution in [2.45, 2.75) is 33.1 Å². The normalized spacial score (nSPS) is 16.3. The third-order valence-electron chi connectivity index (χ3n) is 3.74. The number of piperidine rings is 1. The molecule has 3 nitrogen and oxygen atoms in total. The highest BCUT2D eigenvalue weighted by molar-refractivity contribution is 5.99. The molecule has 2 rings (SSSR count). The minimum atomic E-state index is 0.185. The van der Waals surface area contributed by atoms with Gasteiger partial charge in [-0.15, -0.1) is 0 Å². The minimum absolute atomic E-state index is 0.185. The number of carbonyl (C=O) groups is 1. The Morgan fingerprint density at radius 1 is 1.32 bits per heavy atom. The molecule has 1 N–H and O–H groups in total. The van der Waals surface area contributed by atoms with Gasteiger partial charge in [-0.1, -0.05) is 6.92 Å². The molecule has 1 fully saturated rings. The Morgan fingerprint density at radius 2 is 2.05 bits per heavy atom. The summed E-state index contributed by atoms with van der Waals surface area (Å²) in [6.07, 6.45) is 2.78. The zero-order valence-corrected chi connectivity index (χ0v) is 11.9. The van der Waals surface area contributed by atoms with Crippen LogP contribution in [0, 0.1) is 5.92 Å². The van der Waals surface area contributed by atoms with Gasteiger partial charge in [-0.05, 0) is 63.0 Å². The smallest absolute Gasteiger partial charge is 0.166 e. The molecule has 0 unspecified atom stereocenters.